The number of carboxylic acids is 1. The van der Waals surface area contributed by atoms with E-state index in [1.807, 2.05) is 0 Å². The summed E-state index contributed by atoms with van der Waals surface area (Å²) in [4.78, 5) is 10.2. The van der Waals surface area contributed by atoms with Crippen molar-refractivity contribution < 1.29 is 23.1 Å². The molecular weight excluding hydrogens is 265 g/mol. The van der Waals surface area contributed by atoms with E-state index in [2.05, 4.69) is 15.9 Å². The molecule has 0 bridgehead atoms. The first kappa shape index (κ1) is 11.0. The first-order chi connectivity index (χ1) is 6.35. The Balaban J connectivity index is 3.21. The van der Waals surface area contributed by atoms with Crippen LogP contribution in [0.15, 0.2) is 22.7 Å². The van der Waals surface area contributed by atoms with Crippen LogP contribution in [0.4, 0.5) is 13.2 Å². The molecule has 1 rings (SSSR count). The maximum absolute atomic E-state index is 12.8. The Hall–Kier alpha value is -1.04. The standard InChI is InChI=1S/C8H4BrF3O2/c9-5-3-4(1-2-6(5)10)8(11,12)7(13)14/h1-3H,(H,13,14). The lowest BCUT2D eigenvalue weighted by molar-refractivity contribution is -0.166. The molecule has 0 aliphatic rings. The number of benzene rings is 1. The fourth-order valence-corrected chi connectivity index (χ4v) is 1.19. The zero-order valence-corrected chi connectivity index (χ0v) is 8.19. The van der Waals surface area contributed by atoms with Crippen LogP contribution in [0.3, 0.4) is 0 Å². The zero-order valence-electron chi connectivity index (χ0n) is 6.60. The van der Waals surface area contributed by atoms with Crippen LogP contribution >= 0.6 is 15.9 Å². The van der Waals surface area contributed by atoms with Crippen LogP contribution in [0.25, 0.3) is 0 Å². The van der Waals surface area contributed by atoms with Gasteiger partial charge in [-0.1, -0.05) is 0 Å². The van der Waals surface area contributed by atoms with Gasteiger partial charge in [0.1, 0.15) is 5.82 Å². The maximum Gasteiger partial charge on any atom is 0.379 e. The van der Waals surface area contributed by atoms with Crippen molar-refractivity contribution in [2.75, 3.05) is 0 Å². The molecule has 0 saturated carbocycles. The summed E-state index contributed by atoms with van der Waals surface area (Å²) in [5.74, 6) is -7.00. The Labute approximate surface area is 85.5 Å². The summed E-state index contributed by atoms with van der Waals surface area (Å²) in [5, 5.41) is 8.20. The van der Waals surface area contributed by atoms with Gasteiger partial charge in [0.15, 0.2) is 0 Å². The first-order valence-electron chi connectivity index (χ1n) is 3.42. The maximum atomic E-state index is 12.8. The highest BCUT2D eigenvalue weighted by Gasteiger charge is 2.41. The van der Waals surface area contributed by atoms with Crippen LogP contribution in [-0.2, 0) is 10.7 Å². The zero-order chi connectivity index (χ0) is 10.9. The van der Waals surface area contributed by atoms with Gasteiger partial charge in [0.25, 0.3) is 0 Å². The number of hydrogen-bond acceptors (Lipinski definition) is 1. The molecule has 0 aliphatic carbocycles. The summed E-state index contributed by atoms with van der Waals surface area (Å²) in [5.41, 5.74) is -0.765. The molecule has 0 aliphatic heterocycles. The minimum absolute atomic E-state index is 0.198. The second-order valence-corrected chi connectivity index (χ2v) is 3.36. The van der Waals surface area contributed by atoms with E-state index in [0.717, 1.165) is 18.2 Å². The van der Waals surface area contributed by atoms with Crippen molar-refractivity contribution >= 4 is 21.9 Å². The summed E-state index contributed by atoms with van der Waals surface area (Å²) in [6, 6.07) is 2.24. The molecule has 1 aromatic rings. The predicted molar refractivity (Wildman–Crippen MR) is 45.6 cm³/mol. The minimum atomic E-state index is -4.00. The summed E-state index contributed by atoms with van der Waals surface area (Å²) in [6.07, 6.45) is 0. The smallest absolute Gasteiger partial charge is 0.379 e. The number of carbonyl (C=O) groups is 1. The third kappa shape index (κ3) is 1.89. The lowest BCUT2D eigenvalue weighted by Crippen LogP contribution is -2.25. The van der Waals surface area contributed by atoms with Crippen LogP contribution in [0.1, 0.15) is 5.56 Å². The van der Waals surface area contributed by atoms with Gasteiger partial charge in [-0.25, -0.2) is 9.18 Å². The van der Waals surface area contributed by atoms with Gasteiger partial charge in [0.05, 0.1) is 4.47 Å². The van der Waals surface area contributed by atoms with Crippen molar-refractivity contribution in [3.63, 3.8) is 0 Å². The van der Waals surface area contributed by atoms with Crippen molar-refractivity contribution in [2.24, 2.45) is 0 Å². The van der Waals surface area contributed by atoms with Crippen LogP contribution in [-0.4, -0.2) is 11.1 Å². The van der Waals surface area contributed by atoms with E-state index < -0.39 is 23.3 Å². The fraction of sp³-hybridized carbons (Fsp3) is 0.125. The normalized spacial score (nSPS) is 11.4. The number of aliphatic carboxylic acids is 1. The first-order valence-corrected chi connectivity index (χ1v) is 4.21. The minimum Gasteiger partial charge on any atom is -0.477 e. The van der Waals surface area contributed by atoms with Crippen molar-refractivity contribution in [1.29, 1.82) is 0 Å². The van der Waals surface area contributed by atoms with E-state index in [1.54, 1.807) is 0 Å². The highest BCUT2D eigenvalue weighted by Crippen LogP contribution is 2.30. The van der Waals surface area contributed by atoms with Gasteiger partial charge >= 0.3 is 11.9 Å². The van der Waals surface area contributed by atoms with Gasteiger partial charge in [-0.3, -0.25) is 0 Å². The van der Waals surface area contributed by atoms with Crippen LogP contribution in [0.2, 0.25) is 0 Å². The number of hydrogen-bond donors (Lipinski definition) is 1. The lowest BCUT2D eigenvalue weighted by atomic mass is 10.1. The molecule has 0 aromatic heterocycles. The topological polar surface area (TPSA) is 37.3 Å². The molecule has 0 spiro atoms. The Kier molecular flexibility index (Phi) is 2.84. The largest absolute Gasteiger partial charge is 0.477 e. The van der Waals surface area contributed by atoms with Crippen molar-refractivity contribution in [2.45, 2.75) is 5.92 Å². The molecule has 2 nitrogen and oxygen atoms in total. The Morgan fingerprint density at radius 2 is 2.00 bits per heavy atom. The molecule has 0 atom stereocenters. The third-order valence-electron chi connectivity index (χ3n) is 1.55. The van der Waals surface area contributed by atoms with Gasteiger partial charge in [-0.2, -0.15) is 8.78 Å². The molecule has 1 aromatic carbocycles. The predicted octanol–water partition coefficient (Wildman–Crippen LogP) is 2.76. The van der Waals surface area contributed by atoms with E-state index in [-0.39, 0.29) is 4.47 Å². The van der Waals surface area contributed by atoms with E-state index >= 15 is 0 Å². The highest BCUT2D eigenvalue weighted by atomic mass is 79.9. The van der Waals surface area contributed by atoms with Crippen LogP contribution in [0.5, 0.6) is 0 Å². The number of rotatable bonds is 2. The summed E-state index contributed by atoms with van der Waals surface area (Å²) in [6.45, 7) is 0. The van der Waals surface area contributed by atoms with Gasteiger partial charge in [-0.15, -0.1) is 0 Å². The molecule has 76 valence electrons. The molecule has 6 heteroatoms. The van der Waals surface area contributed by atoms with Crippen LogP contribution in [0, 0.1) is 5.82 Å². The van der Waals surface area contributed by atoms with Crippen molar-refractivity contribution in [3.8, 4) is 0 Å². The molecule has 0 radical (unpaired) electrons. The quantitative estimate of drug-likeness (QED) is 0.896. The van der Waals surface area contributed by atoms with Gasteiger partial charge in [-0.05, 0) is 34.1 Å². The Morgan fingerprint density at radius 1 is 1.43 bits per heavy atom. The van der Waals surface area contributed by atoms with E-state index in [1.165, 1.54) is 0 Å². The van der Waals surface area contributed by atoms with E-state index in [0.29, 0.717) is 0 Å². The number of carboxylic acid groups (broad SMARTS) is 1. The molecule has 0 unspecified atom stereocenters. The molecule has 1 N–H and O–H groups in total. The second kappa shape index (κ2) is 3.61. The third-order valence-corrected chi connectivity index (χ3v) is 2.16. The molecule has 0 saturated heterocycles. The lowest BCUT2D eigenvalue weighted by Gasteiger charge is -2.11. The SMILES string of the molecule is O=C(O)C(F)(F)c1ccc(F)c(Br)c1. The average molecular weight is 269 g/mol. The van der Waals surface area contributed by atoms with Crippen LogP contribution < -0.4 is 0 Å². The van der Waals surface area contributed by atoms with E-state index in [9.17, 15) is 18.0 Å². The van der Waals surface area contributed by atoms with Gasteiger partial charge < -0.3 is 5.11 Å². The highest BCUT2D eigenvalue weighted by molar-refractivity contribution is 9.10. The summed E-state index contributed by atoms with van der Waals surface area (Å²) in [7, 11) is 0. The molecular formula is C8H4BrF3O2. The van der Waals surface area contributed by atoms with E-state index in [4.69, 9.17) is 5.11 Å². The average Bonchev–Trinajstić information content (AvgIpc) is 2.09. The second-order valence-electron chi connectivity index (χ2n) is 2.51. The monoisotopic (exact) mass is 268 g/mol. The van der Waals surface area contributed by atoms with Crippen molar-refractivity contribution in [1.82, 2.24) is 0 Å². The molecule has 0 heterocycles. The number of halogens is 4. The summed E-state index contributed by atoms with van der Waals surface area (Å²) >= 11 is 2.69. The Morgan fingerprint density at radius 3 is 2.43 bits per heavy atom. The summed E-state index contributed by atoms with van der Waals surface area (Å²) < 4.78 is 38.1. The molecule has 0 amide bonds. The van der Waals surface area contributed by atoms with Gasteiger partial charge in [0, 0.05) is 5.56 Å². The fourth-order valence-electron chi connectivity index (χ4n) is 0.815. The van der Waals surface area contributed by atoms with Crippen molar-refractivity contribution in [3.05, 3.63) is 34.1 Å². The van der Waals surface area contributed by atoms with Gasteiger partial charge in [0.2, 0.25) is 0 Å². The number of alkyl halides is 2. The Bertz CT molecular complexity index is 379. The molecule has 14 heavy (non-hydrogen) atoms. The molecule has 0 fully saturated rings.